The molecule has 1 heterocycles. The summed E-state index contributed by atoms with van der Waals surface area (Å²) in [5, 5.41) is 0. The highest BCUT2D eigenvalue weighted by Crippen LogP contribution is 2.24. The van der Waals surface area contributed by atoms with Gasteiger partial charge in [0, 0.05) is 51.1 Å². The zero-order valence-electron chi connectivity index (χ0n) is 13.1. The fraction of sp³-hybridized carbons (Fsp3) is 0.562. The molecular weight excluding hydrogens is 266 g/mol. The summed E-state index contributed by atoms with van der Waals surface area (Å²) < 4.78 is 5.40. The molecule has 2 N–H and O–H groups in total. The van der Waals surface area contributed by atoms with Crippen molar-refractivity contribution in [2.75, 3.05) is 51.0 Å². The van der Waals surface area contributed by atoms with E-state index in [-0.39, 0.29) is 5.91 Å². The van der Waals surface area contributed by atoms with Crippen LogP contribution >= 0.6 is 0 Å². The Labute approximate surface area is 126 Å². The van der Waals surface area contributed by atoms with Crippen molar-refractivity contribution in [2.45, 2.75) is 13.3 Å². The van der Waals surface area contributed by atoms with Gasteiger partial charge in [-0.15, -0.1) is 0 Å². The maximum absolute atomic E-state index is 12.8. The van der Waals surface area contributed by atoms with Gasteiger partial charge in [-0.05, 0) is 31.5 Å². The van der Waals surface area contributed by atoms with Gasteiger partial charge in [0.05, 0.1) is 12.2 Å². The molecule has 5 heteroatoms. The Balaban J connectivity index is 2.21. The third-order valence-electron chi connectivity index (χ3n) is 3.90. The number of nitrogens with zero attached hydrogens (tertiary/aromatic N) is 2. The Morgan fingerprint density at radius 2 is 2.19 bits per heavy atom. The molecule has 1 fully saturated rings. The van der Waals surface area contributed by atoms with Crippen LogP contribution in [0.25, 0.3) is 0 Å². The van der Waals surface area contributed by atoms with Gasteiger partial charge >= 0.3 is 0 Å². The molecule has 1 aromatic rings. The molecule has 0 aromatic heterocycles. The van der Waals surface area contributed by atoms with Crippen LogP contribution in [0, 0.1) is 5.92 Å². The lowest BCUT2D eigenvalue weighted by Gasteiger charge is -2.26. The summed E-state index contributed by atoms with van der Waals surface area (Å²) in [6, 6.07) is 5.49. The van der Waals surface area contributed by atoms with Crippen molar-refractivity contribution in [3.05, 3.63) is 23.8 Å². The van der Waals surface area contributed by atoms with E-state index >= 15 is 0 Å². The Kier molecular flexibility index (Phi) is 5.07. The lowest BCUT2D eigenvalue weighted by Crippen LogP contribution is -2.36. The second-order valence-electron chi connectivity index (χ2n) is 5.74. The predicted molar refractivity (Wildman–Crippen MR) is 85.7 cm³/mol. The zero-order chi connectivity index (χ0) is 15.4. The maximum atomic E-state index is 12.8. The van der Waals surface area contributed by atoms with Gasteiger partial charge in [0.25, 0.3) is 5.91 Å². The Morgan fingerprint density at radius 3 is 2.76 bits per heavy atom. The number of benzene rings is 1. The summed E-state index contributed by atoms with van der Waals surface area (Å²) in [5.41, 5.74) is 8.04. The number of hydrogen-bond donors (Lipinski definition) is 1. The van der Waals surface area contributed by atoms with Crippen molar-refractivity contribution < 1.29 is 9.53 Å². The molecule has 5 nitrogen and oxygen atoms in total. The van der Waals surface area contributed by atoms with Gasteiger partial charge in [-0.25, -0.2) is 0 Å². The maximum Gasteiger partial charge on any atom is 0.256 e. The van der Waals surface area contributed by atoms with Crippen LogP contribution in [0.2, 0.25) is 0 Å². The van der Waals surface area contributed by atoms with Crippen molar-refractivity contribution in [1.82, 2.24) is 4.90 Å². The molecule has 0 radical (unpaired) electrons. The monoisotopic (exact) mass is 291 g/mol. The lowest BCUT2D eigenvalue weighted by atomic mass is 10.1. The number of anilines is 2. The van der Waals surface area contributed by atoms with Crippen molar-refractivity contribution >= 4 is 17.3 Å². The summed E-state index contributed by atoms with van der Waals surface area (Å²) in [6.07, 6.45) is 1.03. The second kappa shape index (κ2) is 6.80. The van der Waals surface area contributed by atoms with E-state index in [1.165, 1.54) is 0 Å². The van der Waals surface area contributed by atoms with E-state index in [9.17, 15) is 4.79 Å². The highest BCUT2D eigenvalue weighted by Gasteiger charge is 2.24. The molecule has 0 spiro atoms. The number of ether oxygens (including phenoxy) is 1. The number of amides is 1. The molecule has 1 amide bonds. The molecule has 21 heavy (non-hydrogen) atoms. The van der Waals surface area contributed by atoms with Gasteiger partial charge in [-0.2, -0.15) is 0 Å². The van der Waals surface area contributed by atoms with E-state index in [2.05, 4.69) is 0 Å². The van der Waals surface area contributed by atoms with Crippen molar-refractivity contribution in [2.24, 2.45) is 5.92 Å². The van der Waals surface area contributed by atoms with Crippen LogP contribution in [0.1, 0.15) is 23.7 Å². The molecule has 0 bridgehead atoms. The summed E-state index contributed by atoms with van der Waals surface area (Å²) in [6.45, 7) is 5.00. The fourth-order valence-electron chi connectivity index (χ4n) is 2.68. The number of carbonyl (C=O) groups is 1. The van der Waals surface area contributed by atoms with Gasteiger partial charge in [-0.1, -0.05) is 0 Å². The third-order valence-corrected chi connectivity index (χ3v) is 3.90. The van der Waals surface area contributed by atoms with Crippen molar-refractivity contribution in [1.29, 1.82) is 0 Å². The van der Waals surface area contributed by atoms with Crippen LogP contribution in [-0.2, 0) is 4.74 Å². The van der Waals surface area contributed by atoms with E-state index < -0.39 is 0 Å². The first-order valence-corrected chi connectivity index (χ1v) is 7.46. The smallest absolute Gasteiger partial charge is 0.256 e. The number of nitrogens with two attached hydrogens (primary N) is 1. The summed E-state index contributed by atoms with van der Waals surface area (Å²) in [7, 11) is 3.87. The average Bonchev–Trinajstić information content (AvgIpc) is 2.96. The first kappa shape index (κ1) is 15.6. The van der Waals surface area contributed by atoms with Crippen LogP contribution in [0.3, 0.4) is 0 Å². The van der Waals surface area contributed by atoms with Crippen molar-refractivity contribution in [3.63, 3.8) is 0 Å². The number of rotatable bonds is 5. The third kappa shape index (κ3) is 3.67. The molecule has 0 aliphatic carbocycles. The summed E-state index contributed by atoms with van der Waals surface area (Å²) >= 11 is 0. The number of carbonyl (C=O) groups excluding carboxylic acids is 1. The molecule has 1 unspecified atom stereocenters. The van der Waals surface area contributed by atoms with Crippen LogP contribution in [0.15, 0.2) is 18.2 Å². The Morgan fingerprint density at radius 1 is 1.43 bits per heavy atom. The van der Waals surface area contributed by atoms with Crippen molar-refractivity contribution in [3.8, 4) is 0 Å². The highest BCUT2D eigenvalue weighted by molar-refractivity contribution is 6.00. The Hall–Kier alpha value is -1.75. The van der Waals surface area contributed by atoms with Gasteiger partial charge < -0.3 is 20.3 Å². The molecule has 0 saturated carbocycles. The van der Waals surface area contributed by atoms with E-state index in [0.717, 1.165) is 31.9 Å². The van der Waals surface area contributed by atoms with Crippen LogP contribution < -0.4 is 10.6 Å². The van der Waals surface area contributed by atoms with E-state index in [1.54, 1.807) is 6.07 Å². The minimum absolute atomic E-state index is 0.0420. The molecule has 116 valence electrons. The zero-order valence-corrected chi connectivity index (χ0v) is 13.1. The number of hydrogen-bond acceptors (Lipinski definition) is 4. The van der Waals surface area contributed by atoms with E-state index in [1.807, 2.05) is 43.0 Å². The standard InChI is InChI=1S/C16H25N3O2/c1-4-19(10-12-7-8-21-11-12)16(20)14-9-13(17)5-6-15(14)18(2)3/h5-6,9,12H,4,7-8,10-11,17H2,1-3H3. The minimum atomic E-state index is 0.0420. The fourth-order valence-corrected chi connectivity index (χ4v) is 2.68. The van der Waals surface area contributed by atoms with Gasteiger partial charge in [0.1, 0.15) is 0 Å². The van der Waals surface area contributed by atoms with Crippen LogP contribution in [0.5, 0.6) is 0 Å². The average molecular weight is 291 g/mol. The van der Waals surface area contributed by atoms with Crippen LogP contribution in [0.4, 0.5) is 11.4 Å². The quantitative estimate of drug-likeness (QED) is 0.841. The molecule has 1 atom stereocenters. The van der Waals surface area contributed by atoms with Gasteiger partial charge in [-0.3, -0.25) is 4.79 Å². The lowest BCUT2D eigenvalue weighted by molar-refractivity contribution is 0.0731. The molecule has 1 aromatic carbocycles. The first-order chi connectivity index (χ1) is 10.0. The topological polar surface area (TPSA) is 58.8 Å². The predicted octanol–water partition coefficient (Wildman–Crippen LogP) is 1.83. The van der Waals surface area contributed by atoms with E-state index in [4.69, 9.17) is 10.5 Å². The normalized spacial score (nSPS) is 17.8. The molecule has 1 saturated heterocycles. The second-order valence-corrected chi connectivity index (χ2v) is 5.74. The Bertz CT molecular complexity index is 496. The highest BCUT2D eigenvalue weighted by atomic mass is 16.5. The largest absolute Gasteiger partial charge is 0.399 e. The van der Waals surface area contributed by atoms with Gasteiger partial charge in [0.15, 0.2) is 0 Å². The minimum Gasteiger partial charge on any atom is -0.399 e. The summed E-state index contributed by atoms with van der Waals surface area (Å²) in [5.74, 6) is 0.484. The van der Waals surface area contributed by atoms with Gasteiger partial charge in [0.2, 0.25) is 0 Å². The molecule has 1 aliphatic heterocycles. The summed E-state index contributed by atoms with van der Waals surface area (Å²) in [4.78, 5) is 16.7. The van der Waals surface area contributed by atoms with Crippen LogP contribution in [-0.4, -0.2) is 51.2 Å². The SMILES string of the molecule is CCN(CC1CCOC1)C(=O)c1cc(N)ccc1N(C)C. The molecule has 2 rings (SSSR count). The molecule has 1 aliphatic rings. The first-order valence-electron chi connectivity index (χ1n) is 7.46. The number of nitrogen functional groups attached to an aromatic ring is 1. The molecular formula is C16H25N3O2. The van der Waals surface area contributed by atoms with E-state index in [0.29, 0.717) is 23.7 Å².